The number of hydrogen-bond donors (Lipinski definition) is 0. The summed E-state index contributed by atoms with van der Waals surface area (Å²) in [5.41, 5.74) is 3.58. The number of carbonyl (C=O) groups is 1. The van der Waals surface area contributed by atoms with Crippen LogP contribution in [0, 0.1) is 30.1 Å². The third kappa shape index (κ3) is 6.25. The summed E-state index contributed by atoms with van der Waals surface area (Å²) in [6, 6.07) is 4.15. The highest BCUT2D eigenvalue weighted by Gasteiger charge is 2.33. The average molecular weight is 575 g/mol. The summed E-state index contributed by atoms with van der Waals surface area (Å²) < 4.78 is 13.6. The number of likely N-dealkylation sites (tertiary alicyclic amines) is 2. The Morgan fingerprint density at radius 3 is 2.67 bits per heavy atom. The van der Waals surface area contributed by atoms with Gasteiger partial charge in [0.25, 0.3) is 0 Å². The number of aromatic nitrogens is 5. The summed E-state index contributed by atoms with van der Waals surface area (Å²) in [5.74, 6) is 1.97. The number of imidazole rings is 1. The maximum Gasteiger partial charge on any atom is 0.239 e. The molecule has 0 saturated carbocycles. The minimum Gasteiger partial charge on any atom is -0.477 e. The Kier molecular flexibility index (Phi) is 9.34. The standard InChI is InChI=1S/C30H38N8O3.CH4/c1-20-14-23(26-27-28(35-25(15-31)34-26)38(19-33-27)17-22-7-12-40-18-22)16-32-29(20)41-13-8-21-5-10-37(11-6-21)30(39)24-4-3-9-36(24)2;/h14,16,19,21-22,24H,3-13,17-18H2,1-2H3;1H4/t22?,24-;/m0./s1. The molecule has 3 aromatic rings. The van der Waals surface area contributed by atoms with Gasteiger partial charge < -0.3 is 18.9 Å². The predicted octanol–water partition coefficient (Wildman–Crippen LogP) is 3.84. The van der Waals surface area contributed by atoms with Gasteiger partial charge in [-0.15, -0.1) is 0 Å². The molecule has 0 radical (unpaired) electrons. The number of ether oxygens (including phenoxy) is 2. The van der Waals surface area contributed by atoms with Crippen LogP contribution in [-0.2, 0) is 16.1 Å². The van der Waals surface area contributed by atoms with E-state index in [1.807, 2.05) is 17.6 Å². The third-order valence-electron chi connectivity index (χ3n) is 8.84. The molecule has 224 valence electrons. The molecule has 3 saturated heterocycles. The minimum atomic E-state index is 0. The number of pyridine rings is 1. The number of nitrogens with zero attached hydrogens (tertiary/aromatic N) is 8. The Morgan fingerprint density at radius 1 is 1.14 bits per heavy atom. The Hall–Kier alpha value is -3.62. The molecule has 0 aliphatic carbocycles. The largest absolute Gasteiger partial charge is 0.477 e. The summed E-state index contributed by atoms with van der Waals surface area (Å²) in [6.07, 6.45) is 9.58. The normalized spacial score (nSPS) is 21.4. The zero-order chi connectivity index (χ0) is 28.3. The van der Waals surface area contributed by atoms with Crippen molar-refractivity contribution in [3.05, 3.63) is 30.0 Å². The highest BCUT2D eigenvalue weighted by atomic mass is 16.5. The summed E-state index contributed by atoms with van der Waals surface area (Å²) >= 11 is 0. The van der Waals surface area contributed by atoms with Gasteiger partial charge in [-0.3, -0.25) is 9.69 Å². The van der Waals surface area contributed by atoms with Crippen LogP contribution in [-0.4, -0.2) is 92.8 Å². The topological polar surface area (TPSA) is 122 Å². The van der Waals surface area contributed by atoms with Crippen molar-refractivity contribution in [1.29, 1.82) is 5.26 Å². The molecule has 3 aromatic heterocycles. The molecular weight excluding hydrogens is 532 g/mol. The van der Waals surface area contributed by atoms with Crippen LogP contribution < -0.4 is 4.74 Å². The Bertz CT molecular complexity index is 1440. The maximum atomic E-state index is 12.9. The van der Waals surface area contributed by atoms with Gasteiger partial charge in [0, 0.05) is 49.5 Å². The lowest BCUT2D eigenvalue weighted by molar-refractivity contribution is -0.137. The highest BCUT2D eigenvalue weighted by Crippen LogP contribution is 2.29. The van der Waals surface area contributed by atoms with Crippen molar-refractivity contribution in [1.82, 2.24) is 34.3 Å². The third-order valence-corrected chi connectivity index (χ3v) is 8.84. The summed E-state index contributed by atoms with van der Waals surface area (Å²) in [4.78, 5) is 35.3. The second kappa shape index (κ2) is 13.1. The van der Waals surface area contributed by atoms with Crippen molar-refractivity contribution >= 4 is 17.1 Å². The zero-order valence-electron chi connectivity index (χ0n) is 24.0. The average Bonchev–Trinajstić information content (AvgIpc) is 3.76. The Morgan fingerprint density at radius 2 is 1.98 bits per heavy atom. The molecule has 3 aliphatic rings. The molecule has 1 unspecified atom stereocenters. The van der Waals surface area contributed by atoms with Crippen LogP contribution in [0.2, 0.25) is 0 Å². The van der Waals surface area contributed by atoms with Crippen LogP contribution in [0.4, 0.5) is 0 Å². The number of amides is 1. The SMILES string of the molecule is C.Cc1cc(-c2nc(C#N)nc3c2ncn3CC2CCOC2)cnc1OCCC1CCN(C(=O)[C@@H]2CCCN2C)CC1. The number of nitriles is 1. The van der Waals surface area contributed by atoms with E-state index in [0.29, 0.717) is 47.1 Å². The molecule has 0 N–H and O–H groups in total. The first-order valence-corrected chi connectivity index (χ1v) is 14.8. The first-order valence-electron chi connectivity index (χ1n) is 14.8. The van der Waals surface area contributed by atoms with Crippen LogP contribution in [0.3, 0.4) is 0 Å². The van der Waals surface area contributed by atoms with E-state index < -0.39 is 0 Å². The van der Waals surface area contributed by atoms with Crippen LogP contribution in [0.1, 0.15) is 57.3 Å². The lowest BCUT2D eigenvalue weighted by Crippen LogP contribution is -2.47. The summed E-state index contributed by atoms with van der Waals surface area (Å²) in [5, 5.41) is 9.60. The van der Waals surface area contributed by atoms with E-state index >= 15 is 0 Å². The number of rotatable bonds is 8. The van der Waals surface area contributed by atoms with E-state index in [2.05, 4.69) is 42.9 Å². The lowest BCUT2D eigenvalue weighted by Gasteiger charge is -2.34. The zero-order valence-corrected chi connectivity index (χ0v) is 24.0. The fourth-order valence-electron chi connectivity index (χ4n) is 6.37. The van der Waals surface area contributed by atoms with E-state index in [1.165, 1.54) is 0 Å². The van der Waals surface area contributed by atoms with E-state index in [-0.39, 0.29) is 19.3 Å². The minimum absolute atomic E-state index is 0. The molecule has 11 heteroatoms. The lowest BCUT2D eigenvalue weighted by atomic mass is 9.93. The Balaban J connectivity index is 0.00000353. The molecule has 6 rings (SSSR count). The smallest absolute Gasteiger partial charge is 0.239 e. The van der Waals surface area contributed by atoms with Gasteiger partial charge in [-0.2, -0.15) is 10.2 Å². The van der Waals surface area contributed by atoms with Crippen molar-refractivity contribution in [3.63, 3.8) is 0 Å². The number of likely N-dealkylation sites (N-methyl/N-ethyl adjacent to an activating group) is 1. The van der Waals surface area contributed by atoms with Crippen LogP contribution in [0.15, 0.2) is 18.6 Å². The number of fused-ring (bicyclic) bond motifs is 1. The van der Waals surface area contributed by atoms with Crippen molar-refractivity contribution in [2.24, 2.45) is 11.8 Å². The second-order valence-electron chi connectivity index (χ2n) is 11.7. The van der Waals surface area contributed by atoms with E-state index in [9.17, 15) is 10.1 Å². The van der Waals surface area contributed by atoms with E-state index in [0.717, 1.165) is 89.0 Å². The fraction of sp³-hybridized carbons (Fsp3) is 0.613. The van der Waals surface area contributed by atoms with Gasteiger partial charge >= 0.3 is 0 Å². The van der Waals surface area contributed by atoms with Gasteiger partial charge in [-0.05, 0) is 71.0 Å². The van der Waals surface area contributed by atoms with Crippen LogP contribution in [0.25, 0.3) is 22.4 Å². The number of piperidine rings is 1. The number of aryl methyl sites for hydroxylation is 1. The molecule has 11 nitrogen and oxygen atoms in total. The first-order chi connectivity index (χ1) is 20.0. The van der Waals surface area contributed by atoms with Gasteiger partial charge in [-0.1, -0.05) is 7.43 Å². The summed E-state index contributed by atoms with van der Waals surface area (Å²) in [7, 11) is 2.06. The van der Waals surface area contributed by atoms with Gasteiger partial charge in [-0.25, -0.2) is 15.0 Å². The summed E-state index contributed by atoms with van der Waals surface area (Å²) in [6.45, 7) is 7.49. The first kappa shape index (κ1) is 29.9. The monoisotopic (exact) mass is 574 g/mol. The van der Waals surface area contributed by atoms with Crippen LogP contribution >= 0.6 is 0 Å². The molecule has 42 heavy (non-hydrogen) atoms. The van der Waals surface area contributed by atoms with E-state index in [4.69, 9.17) is 9.47 Å². The molecule has 3 fully saturated rings. The predicted molar refractivity (Wildman–Crippen MR) is 159 cm³/mol. The molecule has 2 atom stereocenters. The number of carbonyl (C=O) groups excluding carboxylic acids is 1. The number of hydrogen-bond acceptors (Lipinski definition) is 9. The van der Waals surface area contributed by atoms with Gasteiger partial charge in [0.2, 0.25) is 17.6 Å². The molecule has 0 spiro atoms. The Labute approximate surface area is 247 Å². The van der Waals surface area contributed by atoms with Gasteiger partial charge in [0.05, 0.1) is 25.6 Å². The van der Waals surface area contributed by atoms with Gasteiger partial charge in [0.15, 0.2) is 5.65 Å². The molecule has 6 heterocycles. The van der Waals surface area contributed by atoms with Crippen molar-refractivity contribution in [2.75, 3.05) is 46.5 Å². The highest BCUT2D eigenvalue weighted by molar-refractivity contribution is 5.87. The fourth-order valence-corrected chi connectivity index (χ4v) is 6.37. The maximum absolute atomic E-state index is 12.9. The molecule has 0 aromatic carbocycles. The molecular formula is C31H42N8O3. The molecule has 3 aliphatic heterocycles. The van der Waals surface area contributed by atoms with Crippen molar-refractivity contribution in [2.45, 2.75) is 65.5 Å². The second-order valence-corrected chi connectivity index (χ2v) is 11.7. The van der Waals surface area contributed by atoms with Crippen molar-refractivity contribution < 1.29 is 14.3 Å². The quantitative estimate of drug-likeness (QED) is 0.395. The molecule has 1 amide bonds. The molecule has 0 bridgehead atoms. The van der Waals surface area contributed by atoms with Crippen molar-refractivity contribution in [3.8, 4) is 23.2 Å². The van der Waals surface area contributed by atoms with E-state index in [1.54, 1.807) is 12.5 Å². The van der Waals surface area contributed by atoms with Gasteiger partial charge in [0.1, 0.15) is 17.3 Å². The van der Waals surface area contributed by atoms with Crippen LogP contribution in [0.5, 0.6) is 5.88 Å².